The van der Waals surface area contributed by atoms with Gasteiger partial charge >= 0.3 is 5.97 Å². The molecule has 0 saturated carbocycles. The van der Waals surface area contributed by atoms with Gasteiger partial charge in [0.15, 0.2) is 5.69 Å². The Morgan fingerprint density at radius 2 is 1.67 bits per heavy atom. The number of carbonyl (C=O) groups excluding carboxylic acids is 2. The van der Waals surface area contributed by atoms with Gasteiger partial charge in [-0.2, -0.15) is 5.10 Å². The van der Waals surface area contributed by atoms with Crippen LogP contribution in [0.4, 0.5) is 4.39 Å². The lowest BCUT2D eigenvalue weighted by molar-refractivity contribution is 0.0518. The summed E-state index contributed by atoms with van der Waals surface area (Å²) in [6.45, 7) is 6.53. The molecule has 1 N–H and O–H groups in total. The van der Waals surface area contributed by atoms with E-state index in [4.69, 9.17) is 4.74 Å². The smallest absolute Gasteiger partial charge is 0.358 e. The number of halogens is 1. The van der Waals surface area contributed by atoms with Gasteiger partial charge in [-0.3, -0.25) is 4.79 Å². The lowest BCUT2D eigenvalue weighted by atomic mass is 10.0. The monoisotopic (exact) mass is 485 g/mol. The Kier molecular flexibility index (Phi) is 7.59. The zero-order valence-corrected chi connectivity index (χ0v) is 20.5. The van der Waals surface area contributed by atoms with E-state index in [1.165, 1.54) is 17.7 Å². The summed E-state index contributed by atoms with van der Waals surface area (Å²) in [5.41, 5.74) is 6.34. The maximum absolute atomic E-state index is 13.0. The zero-order valence-electron chi connectivity index (χ0n) is 20.5. The SMILES string of the molecule is CCOC(=O)c1cc(-c2ccc(C)c(C)c2)n(-c2ccc(C(=O)NCCc3ccc(F)cc3)cc2)n1. The molecule has 4 rings (SSSR count). The van der Waals surface area contributed by atoms with E-state index in [2.05, 4.69) is 16.5 Å². The van der Waals surface area contributed by atoms with E-state index in [0.717, 1.165) is 22.4 Å². The number of nitrogens with one attached hydrogen (secondary N) is 1. The number of esters is 1. The van der Waals surface area contributed by atoms with E-state index < -0.39 is 5.97 Å². The van der Waals surface area contributed by atoms with Crippen molar-refractivity contribution in [1.82, 2.24) is 15.1 Å². The molecule has 0 radical (unpaired) electrons. The maximum atomic E-state index is 13.0. The summed E-state index contributed by atoms with van der Waals surface area (Å²) in [7, 11) is 0. The van der Waals surface area contributed by atoms with E-state index in [0.29, 0.717) is 24.2 Å². The number of aryl methyl sites for hydroxylation is 2. The molecule has 0 aliphatic heterocycles. The van der Waals surface area contributed by atoms with Crippen LogP contribution in [0.1, 0.15) is 44.5 Å². The van der Waals surface area contributed by atoms with Crippen LogP contribution in [0.15, 0.2) is 72.8 Å². The van der Waals surface area contributed by atoms with E-state index in [1.807, 2.05) is 26.0 Å². The van der Waals surface area contributed by atoms with E-state index in [1.54, 1.807) is 54.1 Å². The third-order valence-corrected chi connectivity index (χ3v) is 5.98. The van der Waals surface area contributed by atoms with Crippen LogP contribution in [0.3, 0.4) is 0 Å². The van der Waals surface area contributed by atoms with Crippen LogP contribution in [0.2, 0.25) is 0 Å². The fourth-order valence-electron chi connectivity index (χ4n) is 3.82. The first-order valence-corrected chi connectivity index (χ1v) is 11.8. The highest BCUT2D eigenvalue weighted by atomic mass is 19.1. The molecule has 0 fully saturated rings. The normalized spacial score (nSPS) is 10.8. The zero-order chi connectivity index (χ0) is 25.7. The van der Waals surface area contributed by atoms with Gasteiger partial charge in [0.2, 0.25) is 0 Å². The first kappa shape index (κ1) is 24.9. The molecule has 0 aliphatic carbocycles. The van der Waals surface area contributed by atoms with Gasteiger partial charge in [0.1, 0.15) is 5.82 Å². The van der Waals surface area contributed by atoms with Gasteiger partial charge in [-0.1, -0.05) is 24.3 Å². The highest BCUT2D eigenvalue weighted by Gasteiger charge is 2.18. The molecule has 6 nitrogen and oxygen atoms in total. The number of amides is 1. The Morgan fingerprint density at radius 1 is 0.944 bits per heavy atom. The molecule has 184 valence electrons. The number of rotatable bonds is 8. The molecule has 0 bridgehead atoms. The third-order valence-electron chi connectivity index (χ3n) is 5.98. The molecule has 0 saturated heterocycles. The summed E-state index contributed by atoms with van der Waals surface area (Å²) in [4.78, 5) is 25.0. The van der Waals surface area contributed by atoms with Crippen LogP contribution in [0, 0.1) is 19.7 Å². The van der Waals surface area contributed by atoms with Gasteiger partial charge in [0, 0.05) is 17.7 Å². The molecule has 7 heteroatoms. The number of ether oxygens (including phenoxy) is 1. The van der Waals surface area contributed by atoms with Crippen molar-refractivity contribution in [3.63, 3.8) is 0 Å². The lowest BCUT2D eigenvalue weighted by Gasteiger charge is -2.10. The number of nitrogens with zero attached hydrogens (tertiary/aromatic N) is 2. The van der Waals surface area contributed by atoms with Crippen LogP contribution in [0.5, 0.6) is 0 Å². The fourth-order valence-corrected chi connectivity index (χ4v) is 3.82. The Hall–Kier alpha value is -4.26. The van der Waals surface area contributed by atoms with Crippen molar-refractivity contribution in [2.24, 2.45) is 0 Å². The second kappa shape index (κ2) is 11.0. The van der Waals surface area contributed by atoms with Gasteiger partial charge in [0.05, 0.1) is 18.0 Å². The van der Waals surface area contributed by atoms with Crippen molar-refractivity contribution in [3.05, 3.63) is 107 Å². The van der Waals surface area contributed by atoms with Crippen molar-refractivity contribution in [1.29, 1.82) is 0 Å². The molecule has 3 aromatic carbocycles. The quantitative estimate of drug-likeness (QED) is 0.337. The summed E-state index contributed by atoms with van der Waals surface area (Å²) < 4.78 is 19.9. The summed E-state index contributed by atoms with van der Waals surface area (Å²) in [5.74, 6) is -0.973. The van der Waals surface area contributed by atoms with Crippen LogP contribution in [-0.2, 0) is 11.2 Å². The second-order valence-corrected chi connectivity index (χ2v) is 8.53. The minimum atomic E-state index is -0.488. The second-order valence-electron chi connectivity index (χ2n) is 8.53. The van der Waals surface area contributed by atoms with E-state index >= 15 is 0 Å². The number of aromatic nitrogens is 2. The summed E-state index contributed by atoms with van der Waals surface area (Å²) in [5, 5.41) is 7.39. The van der Waals surface area contributed by atoms with Crippen LogP contribution < -0.4 is 5.32 Å². The highest BCUT2D eigenvalue weighted by molar-refractivity contribution is 5.94. The Labute approximate surface area is 209 Å². The van der Waals surface area contributed by atoms with Gasteiger partial charge in [-0.05, 0) is 92.4 Å². The minimum Gasteiger partial charge on any atom is -0.461 e. The molecule has 0 aliphatic rings. The van der Waals surface area contributed by atoms with Gasteiger partial charge < -0.3 is 10.1 Å². The van der Waals surface area contributed by atoms with E-state index in [-0.39, 0.29) is 24.0 Å². The van der Waals surface area contributed by atoms with Crippen LogP contribution in [0.25, 0.3) is 16.9 Å². The Bertz CT molecular complexity index is 1380. The molecule has 1 amide bonds. The van der Waals surface area contributed by atoms with Crippen LogP contribution >= 0.6 is 0 Å². The standard InChI is InChI=1S/C29H28FN3O3/c1-4-36-29(35)26-18-27(23-8-5-19(2)20(3)17-23)33(32-26)25-13-9-22(10-14-25)28(34)31-16-15-21-6-11-24(30)12-7-21/h5-14,17-18H,4,15-16H2,1-3H3,(H,31,34). The Morgan fingerprint density at radius 3 is 2.33 bits per heavy atom. The van der Waals surface area contributed by atoms with Crippen LogP contribution in [-0.4, -0.2) is 34.8 Å². The molecule has 1 aromatic heterocycles. The van der Waals surface area contributed by atoms with Gasteiger partial charge in [-0.25, -0.2) is 13.9 Å². The molecule has 0 atom stereocenters. The largest absolute Gasteiger partial charge is 0.461 e. The topological polar surface area (TPSA) is 73.2 Å². The fraction of sp³-hybridized carbons (Fsp3) is 0.207. The molecule has 4 aromatic rings. The summed E-state index contributed by atoms with van der Waals surface area (Å²) in [6.07, 6.45) is 0.605. The summed E-state index contributed by atoms with van der Waals surface area (Å²) >= 11 is 0. The number of hydrogen-bond donors (Lipinski definition) is 1. The van der Waals surface area contributed by atoms with Gasteiger partial charge in [-0.15, -0.1) is 0 Å². The van der Waals surface area contributed by atoms with Crippen molar-refractivity contribution >= 4 is 11.9 Å². The van der Waals surface area contributed by atoms with Gasteiger partial charge in [0.25, 0.3) is 5.91 Å². The number of benzene rings is 3. The van der Waals surface area contributed by atoms with E-state index in [9.17, 15) is 14.0 Å². The Balaban J connectivity index is 1.54. The first-order chi connectivity index (χ1) is 17.4. The minimum absolute atomic E-state index is 0.203. The maximum Gasteiger partial charge on any atom is 0.358 e. The van der Waals surface area contributed by atoms with Crippen molar-refractivity contribution in [2.75, 3.05) is 13.2 Å². The molecular formula is C29H28FN3O3. The average Bonchev–Trinajstić information content (AvgIpc) is 3.33. The molecule has 0 spiro atoms. The third kappa shape index (κ3) is 5.68. The molecule has 36 heavy (non-hydrogen) atoms. The summed E-state index contributed by atoms with van der Waals surface area (Å²) in [6, 6.07) is 21.1. The first-order valence-electron chi connectivity index (χ1n) is 11.8. The lowest BCUT2D eigenvalue weighted by Crippen LogP contribution is -2.25. The van der Waals surface area contributed by atoms with Crippen molar-refractivity contribution in [3.8, 4) is 16.9 Å². The highest BCUT2D eigenvalue weighted by Crippen LogP contribution is 2.26. The van der Waals surface area contributed by atoms with Crippen molar-refractivity contribution < 1.29 is 18.7 Å². The number of hydrogen-bond acceptors (Lipinski definition) is 4. The predicted octanol–water partition coefficient (Wildman–Crippen LogP) is 5.44. The average molecular weight is 486 g/mol. The number of carbonyl (C=O) groups is 2. The molecular weight excluding hydrogens is 457 g/mol. The van der Waals surface area contributed by atoms with Crippen molar-refractivity contribution in [2.45, 2.75) is 27.2 Å². The predicted molar refractivity (Wildman–Crippen MR) is 137 cm³/mol. The molecule has 1 heterocycles. The molecule has 0 unspecified atom stereocenters.